The zero-order valence-electron chi connectivity index (χ0n) is 9.51. The average molecular weight is 194 g/mol. The second-order valence-electron chi connectivity index (χ2n) is 3.92. The van der Waals surface area contributed by atoms with Gasteiger partial charge in [0.2, 0.25) is 0 Å². The van der Waals surface area contributed by atoms with Gasteiger partial charge in [-0.25, -0.2) is 0 Å². The minimum atomic E-state index is 0.146. The second-order valence-corrected chi connectivity index (χ2v) is 3.92. The molecule has 0 heterocycles. The minimum Gasteiger partial charge on any atom is -0.295 e. The Morgan fingerprint density at radius 3 is 2.36 bits per heavy atom. The van der Waals surface area contributed by atoms with Crippen LogP contribution in [0, 0.1) is 0 Å². The van der Waals surface area contributed by atoms with Gasteiger partial charge in [-0.05, 0) is 45.6 Å². The van der Waals surface area contributed by atoms with Crippen LogP contribution in [-0.2, 0) is 4.79 Å². The summed E-state index contributed by atoms with van der Waals surface area (Å²) >= 11 is 0. The van der Waals surface area contributed by atoms with Gasteiger partial charge in [-0.1, -0.05) is 24.5 Å². The van der Waals surface area contributed by atoms with Crippen molar-refractivity contribution in [2.24, 2.45) is 0 Å². The van der Waals surface area contributed by atoms with E-state index in [-0.39, 0.29) is 5.78 Å². The van der Waals surface area contributed by atoms with Gasteiger partial charge in [-0.3, -0.25) is 4.79 Å². The lowest BCUT2D eigenvalue weighted by atomic mass is 10.1. The first-order chi connectivity index (χ1) is 6.63. The van der Waals surface area contributed by atoms with Crippen molar-refractivity contribution in [1.82, 2.24) is 0 Å². The number of unbranched alkanes of at least 4 members (excludes halogenated alkanes) is 4. The molecule has 0 aromatic rings. The first kappa shape index (κ1) is 13.2. The first-order valence-corrected chi connectivity index (χ1v) is 5.44. The van der Waals surface area contributed by atoms with Crippen molar-refractivity contribution < 1.29 is 4.79 Å². The summed E-state index contributed by atoms with van der Waals surface area (Å²) in [6.07, 6.45) is 10.8. The standard InChI is InChI=1S/C13H22O/c1-12(2)10-8-6-4-5-7-9-11-13(3)14/h9,11H,1,4-8,10H2,2-3H3/b11-9+. The summed E-state index contributed by atoms with van der Waals surface area (Å²) in [6, 6.07) is 0. The highest BCUT2D eigenvalue weighted by Crippen LogP contribution is 2.09. The van der Waals surface area contributed by atoms with Gasteiger partial charge in [0.15, 0.2) is 5.78 Å². The van der Waals surface area contributed by atoms with Gasteiger partial charge in [0.05, 0.1) is 0 Å². The molecule has 0 amide bonds. The van der Waals surface area contributed by atoms with Gasteiger partial charge < -0.3 is 0 Å². The van der Waals surface area contributed by atoms with E-state index in [0.29, 0.717) is 0 Å². The monoisotopic (exact) mass is 194 g/mol. The molecule has 0 bridgehead atoms. The van der Waals surface area contributed by atoms with Crippen LogP contribution >= 0.6 is 0 Å². The fraction of sp³-hybridized carbons (Fsp3) is 0.615. The predicted molar refractivity (Wildman–Crippen MR) is 62.3 cm³/mol. The smallest absolute Gasteiger partial charge is 0.152 e. The molecule has 0 aliphatic carbocycles. The molecule has 0 spiro atoms. The van der Waals surface area contributed by atoms with Gasteiger partial charge in [-0.2, -0.15) is 0 Å². The van der Waals surface area contributed by atoms with E-state index in [2.05, 4.69) is 13.5 Å². The van der Waals surface area contributed by atoms with E-state index in [4.69, 9.17) is 0 Å². The Labute approximate surface area is 87.9 Å². The van der Waals surface area contributed by atoms with Gasteiger partial charge in [0, 0.05) is 0 Å². The SMILES string of the molecule is C=C(C)CCCCCC/C=C/C(C)=O. The molecular formula is C13H22O. The van der Waals surface area contributed by atoms with Crippen LogP contribution in [0.25, 0.3) is 0 Å². The summed E-state index contributed by atoms with van der Waals surface area (Å²) in [5.74, 6) is 0.146. The van der Waals surface area contributed by atoms with E-state index >= 15 is 0 Å². The Balaban J connectivity index is 3.14. The highest BCUT2D eigenvalue weighted by Gasteiger charge is 1.90. The second kappa shape index (κ2) is 8.74. The largest absolute Gasteiger partial charge is 0.295 e. The minimum absolute atomic E-state index is 0.146. The number of carbonyl (C=O) groups is 1. The molecule has 0 radical (unpaired) electrons. The quantitative estimate of drug-likeness (QED) is 0.323. The van der Waals surface area contributed by atoms with Crippen molar-refractivity contribution in [2.45, 2.75) is 52.4 Å². The van der Waals surface area contributed by atoms with E-state index in [9.17, 15) is 4.79 Å². The molecule has 0 aliphatic rings. The van der Waals surface area contributed by atoms with Crippen LogP contribution in [0.15, 0.2) is 24.3 Å². The van der Waals surface area contributed by atoms with Gasteiger partial charge >= 0.3 is 0 Å². The molecule has 1 heteroatoms. The predicted octanol–water partition coefficient (Wildman–Crippen LogP) is 4.05. The molecule has 0 atom stereocenters. The Morgan fingerprint density at radius 1 is 1.14 bits per heavy atom. The van der Waals surface area contributed by atoms with Gasteiger partial charge in [0.1, 0.15) is 0 Å². The molecule has 0 aromatic heterocycles. The van der Waals surface area contributed by atoms with Crippen LogP contribution in [0.3, 0.4) is 0 Å². The summed E-state index contributed by atoms with van der Waals surface area (Å²) in [5.41, 5.74) is 1.28. The Kier molecular flexibility index (Phi) is 8.20. The van der Waals surface area contributed by atoms with Crippen LogP contribution in [0.2, 0.25) is 0 Å². The van der Waals surface area contributed by atoms with E-state index < -0.39 is 0 Å². The summed E-state index contributed by atoms with van der Waals surface area (Å²) in [5, 5.41) is 0. The van der Waals surface area contributed by atoms with E-state index in [1.165, 1.54) is 31.3 Å². The maximum Gasteiger partial charge on any atom is 0.152 e. The molecule has 0 aliphatic heterocycles. The van der Waals surface area contributed by atoms with Crippen molar-refractivity contribution >= 4 is 5.78 Å². The molecule has 1 nitrogen and oxygen atoms in total. The molecule has 0 fully saturated rings. The fourth-order valence-corrected chi connectivity index (χ4v) is 1.29. The highest BCUT2D eigenvalue weighted by atomic mass is 16.1. The molecule has 0 saturated heterocycles. The van der Waals surface area contributed by atoms with Crippen molar-refractivity contribution in [3.8, 4) is 0 Å². The lowest BCUT2D eigenvalue weighted by Gasteiger charge is -1.99. The third kappa shape index (κ3) is 11.2. The maximum absolute atomic E-state index is 10.6. The normalized spacial score (nSPS) is 10.7. The third-order valence-corrected chi connectivity index (χ3v) is 2.08. The number of carbonyl (C=O) groups excluding carboxylic acids is 1. The number of hydrogen-bond acceptors (Lipinski definition) is 1. The van der Waals surface area contributed by atoms with Crippen LogP contribution < -0.4 is 0 Å². The Hall–Kier alpha value is -0.850. The molecule has 0 aromatic carbocycles. The summed E-state index contributed by atoms with van der Waals surface area (Å²) in [4.78, 5) is 10.6. The van der Waals surface area contributed by atoms with Gasteiger partial charge in [0.25, 0.3) is 0 Å². The van der Waals surface area contributed by atoms with Crippen molar-refractivity contribution in [3.05, 3.63) is 24.3 Å². The van der Waals surface area contributed by atoms with Crippen molar-refractivity contribution in [3.63, 3.8) is 0 Å². The van der Waals surface area contributed by atoms with Crippen molar-refractivity contribution in [2.75, 3.05) is 0 Å². The Morgan fingerprint density at radius 2 is 1.79 bits per heavy atom. The zero-order valence-corrected chi connectivity index (χ0v) is 9.51. The molecule has 0 saturated carbocycles. The van der Waals surface area contributed by atoms with Crippen LogP contribution in [-0.4, -0.2) is 5.78 Å². The molecule has 0 N–H and O–H groups in total. The highest BCUT2D eigenvalue weighted by molar-refractivity contribution is 5.87. The average Bonchev–Trinajstić information content (AvgIpc) is 2.08. The first-order valence-electron chi connectivity index (χ1n) is 5.44. The fourth-order valence-electron chi connectivity index (χ4n) is 1.29. The molecular weight excluding hydrogens is 172 g/mol. The number of ketones is 1. The number of hydrogen-bond donors (Lipinski definition) is 0. The zero-order chi connectivity index (χ0) is 10.8. The molecule has 14 heavy (non-hydrogen) atoms. The lowest BCUT2D eigenvalue weighted by molar-refractivity contribution is -0.112. The topological polar surface area (TPSA) is 17.1 Å². The maximum atomic E-state index is 10.6. The molecule has 80 valence electrons. The van der Waals surface area contributed by atoms with E-state index in [1.807, 2.05) is 6.08 Å². The van der Waals surface area contributed by atoms with Crippen LogP contribution in [0.5, 0.6) is 0 Å². The van der Waals surface area contributed by atoms with E-state index in [1.54, 1.807) is 13.0 Å². The summed E-state index contributed by atoms with van der Waals surface area (Å²) < 4.78 is 0. The Bertz CT molecular complexity index is 201. The summed E-state index contributed by atoms with van der Waals surface area (Å²) in [7, 11) is 0. The lowest BCUT2D eigenvalue weighted by Crippen LogP contribution is -1.81. The van der Waals surface area contributed by atoms with Crippen molar-refractivity contribution in [1.29, 1.82) is 0 Å². The number of allylic oxidation sites excluding steroid dienone is 3. The third-order valence-electron chi connectivity index (χ3n) is 2.08. The van der Waals surface area contributed by atoms with Gasteiger partial charge in [-0.15, -0.1) is 6.58 Å². The molecule has 0 rings (SSSR count). The molecule has 0 unspecified atom stereocenters. The van der Waals surface area contributed by atoms with E-state index in [0.717, 1.165) is 12.8 Å². The van der Waals surface area contributed by atoms with Crippen LogP contribution in [0.1, 0.15) is 52.4 Å². The number of rotatable bonds is 8. The summed E-state index contributed by atoms with van der Waals surface area (Å²) in [6.45, 7) is 7.54. The van der Waals surface area contributed by atoms with Crippen LogP contribution in [0.4, 0.5) is 0 Å².